The minimum Gasteiger partial charge on any atom is -0.370 e. The topological polar surface area (TPSA) is 94.3 Å². The van der Waals surface area contributed by atoms with Gasteiger partial charge in [0.05, 0.1) is 12.3 Å². The number of anilines is 1. The third-order valence-corrected chi connectivity index (χ3v) is 4.39. The maximum Gasteiger partial charge on any atom is 0.250 e. The molecule has 1 aromatic heterocycles. The molecule has 2 amide bonds. The third kappa shape index (κ3) is 3.84. The number of nitrogens with two attached hydrogens (primary N) is 1. The summed E-state index contributed by atoms with van der Waals surface area (Å²) >= 11 is 8.81. The largest absolute Gasteiger partial charge is 0.370 e. The van der Waals surface area contributed by atoms with Crippen molar-refractivity contribution in [1.29, 1.82) is 0 Å². The normalized spacial score (nSPS) is 11.8. The second-order valence-electron chi connectivity index (χ2n) is 5.52. The average Bonchev–Trinajstić information content (AvgIpc) is 2.91. The Morgan fingerprint density at radius 2 is 2.16 bits per heavy atom. The quantitative estimate of drug-likeness (QED) is 0.361. The number of nitrogens with one attached hydrogen (secondary N) is 1. The molecule has 1 aliphatic carbocycles. The Hall–Kier alpha value is -1.96. The van der Waals surface area contributed by atoms with Gasteiger partial charge in [-0.15, -0.1) is 11.6 Å². The zero-order valence-corrected chi connectivity index (χ0v) is 15.5. The van der Waals surface area contributed by atoms with Crippen molar-refractivity contribution in [2.45, 2.75) is 6.42 Å². The summed E-state index contributed by atoms with van der Waals surface area (Å²) in [4.78, 5) is 28.0. The molecular weight excluding hydrogens is 410 g/mol. The Morgan fingerprint density at radius 3 is 2.88 bits per heavy atom. The molecule has 0 aliphatic heterocycles. The highest BCUT2D eigenvalue weighted by Crippen LogP contribution is 2.39. The molecular formula is C17H15BrClN3O3. The molecule has 0 bridgehead atoms. The molecule has 1 aliphatic rings. The first-order valence-corrected chi connectivity index (χ1v) is 8.88. The molecule has 6 nitrogen and oxygen atoms in total. The summed E-state index contributed by atoms with van der Waals surface area (Å²) in [6.45, 7) is 0.273. The number of alkyl halides is 1. The van der Waals surface area contributed by atoms with Crippen molar-refractivity contribution in [2.75, 3.05) is 24.4 Å². The molecule has 0 radical (unpaired) electrons. The smallest absolute Gasteiger partial charge is 0.250 e. The summed E-state index contributed by atoms with van der Waals surface area (Å²) in [6, 6.07) is 7.17. The van der Waals surface area contributed by atoms with Crippen molar-refractivity contribution in [3.05, 3.63) is 45.6 Å². The monoisotopic (exact) mass is 423 g/mol. The lowest BCUT2D eigenvalue weighted by Gasteiger charge is -2.08. The van der Waals surface area contributed by atoms with Crippen LogP contribution in [0.1, 0.15) is 21.5 Å². The highest BCUT2D eigenvalue weighted by atomic mass is 79.9. The van der Waals surface area contributed by atoms with Gasteiger partial charge in [0.2, 0.25) is 11.8 Å². The van der Waals surface area contributed by atoms with Gasteiger partial charge < -0.3 is 15.8 Å². The number of hydrogen-bond acceptors (Lipinski definition) is 4. The van der Waals surface area contributed by atoms with Crippen molar-refractivity contribution in [1.82, 2.24) is 4.98 Å². The molecule has 1 aromatic carbocycles. The van der Waals surface area contributed by atoms with E-state index < -0.39 is 5.91 Å². The van der Waals surface area contributed by atoms with Gasteiger partial charge >= 0.3 is 0 Å². The summed E-state index contributed by atoms with van der Waals surface area (Å²) in [6.07, 6.45) is 0.537. The third-order valence-electron chi connectivity index (χ3n) is 3.82. The van der Waals surface area contributed by atoms with E-state index in [2.05, 4.69) is 26.2 Å². The van der Waals surface area contributed by atoms with E-state index in [1.165, 1.54) is 0 Å². The first kappa shape index (κ1) is 17.8. The molecule has 0 saturated heterocycles. The fourth-order valence-corrected chi connectivity index (χ4v) is 3.33. The molecule has 3 rings (SSSR count). The van der Waals surface area contributed by atoms with Gasteiger partial charge in [-0.05, 0) is 45.3 Å². The molecule has 25 heavy (non-hydrogen) atoms. The van der Waals surface area contributed by atoms with Crippen LogP contribution in [0.5, 0.6) is 0 Å². The number of halogens is 2. The summed E-state index contributed by atoms with van der Waals surface area (Å²) < 4.78 is 5.66. The summed E-state index contributed by atoms with van der Waals surface area (Å²) in [5.74, 6) is -0.397. The van der Waals surface area contributed by atoms with Crippen molar-refractivity contribution in [2.24, 2.45) is 5.73 Å². The van der Waals surface area contributed by atoms with Gasteiger partial charge in [0.1, 0.15) is 11.2 Å². The van der Waals surface area contributed by atoms with Gasteiger partial charge in [-0.2, -0.15) is 0 Å². The Labute approximate surface area is 157 Å². The number of amides is 2. The van der Waals surface area contributed by atoms with Gasteiger partial charge in [-0.25, -0.2) is 4.98 Å². The number of rotatable bonds is 6. The SMILES string of the molecule is NC(=O)c1cc(Br)nc2c1Cc1cc(NC(=O)COCCCl)ccc1-2. The van der Waals surface area contributed by atoms with E-state index in [1.807, 2.05) is 12.1 Å². The number of hydrogen-bond donors (Lipinski definition) is 2. The molecule has 3 N–H and O–H groups in total. The van der Waals surface area contributed by atoms with Crippen LogP contribution >= 0.6 is 27.5 Å². The predicted octanol–water partition coefficient (Wildman–Crippen LogP) is 2.71. The number of fused-ring (bicyclic) bond motifs is 3. The maximum absolute atomic E-state index is 11.8. The van der Waals surface area contributed by atoms with Gasteiger partial charge in [0, 0.05) is 29.1 Å². The van der Waals surface area contributed by atoms with Crippen LogP contribution in [0.25, 0.3) is 11.3 Å². The number of pyridine rings is 1. The number of benzene rings is 1. The van der Waals surface area contributed by atoms with Crippen molar-refractivity contribution in [3.63, 3.8) is 0 Å². The minimum absolute atomic E-state index is 0.0512. The van der Waals surface area contributed by atoms with Crippen LogP contribution in [0.3, 0.4) is 0 Å². The molecule has 8 heteroatoms. The summed E-state index contributed by atoms with van der Waals surface area (Å²) in [5, 5.41) is 2.78. The average molecular weight is 425 g/mol. The number of aromatic nitrogens is 1. The predicted molar refractivity (Wildman–Crippen MR) is 98.9 cm³/mol. The fourth-order valence-electron chi connectivity index (χ4n) is 2.82. The van der Waals surface area contributed by atoms with Gasteiger partial charge in [0.25, 0.3) is 0 Å². The van der Waals surface area contributed by atoms with E-state index in [0.717, 1.165) is 22.4 Å². The highest BCUT2D eigenvalue weighted by molar-refractivity contribution is 9.10. The zero-order chi connectivity index (χ0) is 18.0. The Kier molecular flexibility index (Phi) is 5.36. The molecule has 0 spiro atoms. The molecule has 0 atom stereocenters. The number of carbonyl (C=O) groups is 2. The van der Waals surface area contributed by atoms with Crippen LogP contribution in [0, 0.1) is 0 Å². The first-order valence-electron chi connectivity index (χ1n) is 7.55. The van der Waals surface area contributed by atoms with Gasteiger partial charge in [-0.1, -0.05) is 6.07 Å². The van der Waals surface area contributed by atoms with Crippen LogP contribution in [0.4, 0.5) is 5.69 Å². The van der Waals surface area contributed by atoms with E-state index in [-0.39, 0.29) is 12.5 Å². The van der Waals surface area contributed by atoms with E-state index >= 15 is 0 Å². The lowest BCUT2D eigenvalue weighted by atomic mass is 10.1. The zero-order valence-electron chi connectivity index (χ0n) is 13.1. The second-order valence-corrected chi connectivity index (χ2v) is 6.71. The first-order chi connectivity index (χ1) is 12.0. The van der Waals surface area contributed by atoms with E-state index in [1.54, 1.807) is 12.1 Å². The highest BCUT2D eigenvalue weighted by Gasteiger charge is 2.25. The lowest BCUT2D eigenvalue weighted by Crippen LogP contribution is -2.19. The molecule has 0 saturated carbocycles. The Morgan fingerprint density at radius 1 is 1.36 bits per heavy atom. The van der Waals surface area contributed by atoms with Crippen LogP contribution in [0.2, 0.25) is 0 Å². The van der Waals surface area contributed by atoms with E-state index in [4.69, 9.17) is 22.1 Å². The van der Waals surface area contributed by atoms with E-state index in [9.17, 15) is 9.59 Å². The van der Waals surface area contributed by atoms with Crippen molar-refractivity contribution >= 4 is 45.0 Å². The van der Waals surface area contributed by atoms with Gasteiger partial charge in [0.15, 0.2) is 0 Å². The van der Waals surface area contributed by atoms with E-state index in [0.29, 0.717) is 34.8 Å². The number of nitrogens with zero attached hydrogens (tertiary/aromatic N) is 1. The molecule has 0 fully saturated rings. The fraction of sp³-hybridized carbons (Fsp3) is 0.235. The number of ether oxygens (including phenoxy) is 1. The molecule has 0 unspecified atom stereocenters. The van der Waals surface area contributed by atoms with Crippen molar-refractivity contribution < 1.29 is 14.3 Å². The maximum atomic E-state index is 11.8. The van der Waals surface area contributed by atoms with Crippen LogP contribution < -0.4 is 11.1 Å². The van der Waals surface area contributed by atoms with Gasteiger partial charge in [-0.3, -0.25) is 9.59 Å². The van der Waals surface area contributed by atoms with Crippen LogP contribution in [0.15, 0.2) is 28.9 Å². The molecule has 130 valence electrons. The minimum atomic E-state index is -0.489. The molecule has 2 aromatic rings. The molecule has 1 heterocycles. The number of primary amides is 1. The standard InChI is InChI=1S/C17H15BrClN3O3/c18-14-7-13(17(20)24)12-6-9-5-10(1-2-11(9)16(12)22-14)21-15(23)8-25-4-3-19/h1-2,5,7H,3-4,6,8H2,(H2,20,24)(H,21,23). The lowest BCUT2D eigenvalue weighted by molar-refractivity contribution is -0.120. The number of carbonyl (C=O) groups excluding carboxylic acids is 2. The summed E-state index contributed by atoms with van der Waals surface area (Å²) in [7, 11) is 0. The van der Waals surface area contributed by atoms with Crippen LogP contribution in [-0.4, -0.2) is 35.9 Å². The Bertz CT molecular complexity index is 857. The van der Waals surface area contributed by atoms with Crippen molar-refractivity contribution in [3.8, 4) is 11.3 Å². The Balaban J connectivity index is 1.83. The summed E-state index contributed by atoms with van der Waals surface area (Å²) in [5.41, 5.74) is 10.0. The van der Waals surface area contributed by atoms with Crippen LogP contribution in [-0.2, 0) is 16.0 Å². The second kappa shape index (κ2) is 7.51.